The van der Waals surface area contributed by atoms with Crippen molar-refractivity contribution < 1.29 is 4.74 Å². The molecule has 18 heavy (non-hydrogen) atoms. The lowest BCUT2D eigenvalue weighted by Crippen LogP contribution is -2.27. The van der Waals surface area contributed by atoms with E-state index in [4.69, 9.17) is 4.74 Å². The number of methoxy groups -OCH3 is 1. The molecule has 1 heterocycles. The van der Waals surface area contributed by atoms with Gasteiger partial charge in [-0.1, -0.05) is 0 Å². The monoisotopic (exact) mass is 268 g/mol. The third-order valence-electron chi connectivity index (χ3n) is 3.91. The van der Waals surface area contributed by atoms with Crippen LogP contribution in [0.5, 0.6) is 0 Å². The Labute approximate surface area is 114 Å². The fourth-order valence-corrected chi connectivity index (χ4v) is 3.38. The molecule has 1 fully saturated rings. The average molecular weight is 268 g/mol. The van der Waals surface area contributed by atoms with Gasteiger partial charge in [-0.15, -0.1) is 11.3 Å². The zero-order valence-corrected chi connectivity index (χ0v) is 12.7. The number of aromatic nitrogens is 1. The van der Waals surface area contributed by atoms with Gasteiger partial charge in [0, 0.05) is 31.2 Å². The number of nitrogens with one attached hydrogen (secondary N) is 1. The quantitative estimate of drug-likeness (QED) is 0.824. The molecule has 0 radical (unpaired) electrons. The summed E-state index contributed by atoms with van der Waals surface area (Å²) < 4.78 is 5.20. The lowest BCUT2D eigenvalue weighted by Gasteiger charge is -2.19. The fourth-order valence-electron chi connectivity index (χ4n) is 2.42. The Morgan fingerprint density at radius 2 is 2.17 bits per heavy atom. The van der Waals surface area contributed by atoms with Gasteiger partial charge in [-0.3, -0.25) is 0 Å². The predicted octanol–water partition coefficient (Wildman–Crippen LogP) is 3.23. The summed E-state index contributed by atoms with van der Waals surface area (Å²) in [4.78, 5) is 5.88. The predicted molar refractivity (Wildman–Crippen MR) is 76.2 cm³/mol. The molecule has 2 rings (SSSR count). The van der Waals surface area contributed by atoms with Crippen molar-refractivity contribution in [1.29, 1.82) is 0 Å². The molecule has 1 saturated carbocycles. The highest BCUT2D eigenvalue weighted by atomic mass is 32.1. The SMILES string of the molecule is COCCC1(CNC(C)c2sc(C)nc2C)CC1. The summed E-state index contributed by atoms with van der Waals surface area (Å²) >= 11 is 1.81. The van der Waals surface area contributed by atoms with Crippen LogP contribution in [0.2, 0.25) is 0 Å². The molecule has 3 nitrogen and oxygen atoms in total. The Kier molecular flexibility index (Phi) is 4.41. The van der Waals surface area contributed by atoms with Crippen molar-refractivity contribution in [2.45, 2.75) is 46.1 Å². The van der Waals surface area contributed by atoms with Crippen LogP contribution >= 0.6 is 11.3 Å². The minimum Gasteiger partial charge on any atom is -0.385 e. The first-order chi connectivity index (χ1) is 8.56. The highest BCUT2D eigenvalue weighted by Gasteiger charge is 2.41. The number of thiazole rings is 1. The van der Waals surface area contributed by atoms with Gasteiger partial charge in [0.2, 0.25) is 0 Å². The number of hydrogen-bond donors (Lipinski definition) is 1. The fraction of sp³-hybridized carbons (Fsp3) is 0.786. The van der Waals surface area contributed by atoms with Crippen molar-refractivity contribution in [3.8, 4) is 0 Å². The molecule has 0 aliphatic heterocycles. The second-order valence-corrected chi connectivity index (χ2v) is 6.76. The van der Waals surface area contributed by atoms with Crippen molar-refractivity contribution in [2.75, 3.05) is 20.3 Å². The maximum Gasteiger partial charge on any atom is 0.0900 e. The Balaban J connectivity index is 1.85. The summed E-state index contributed by atoms with van der Waals surface area (Å²) in [6.07, 6.45) is 3.87. The van der Waals surface area contributed by atoms with Crippen LogP contribution in [0.25, 0.3) is 0 Å². The molecule has 102 valence electrons. The smallest absolute Gasteiger partial charge is 0.0900 e. The largest absolute Gasteiger partial charge is 0.385 e. The van der Waals surface area contributed by atoms with Gasteiger partial charge in [0.1, 0.15) is 0 Å². The molecule has 1 aliphatic rings. The van der Waals surface area contributed by atoms with E-state index in [0.29, 0.717) is 11.5 Å². The number of aryl methyl sites for hydroxylation is 2. The average Bonchev–Trinajstić information content (AvgIpc) is 3.03. The van der Waals surface area contributed by atoms with Crippen LogP contribution < -0.4 is 5.32 Å². The lowest BCUT2D eigenvalue weighted by atomic mass is 10.0. The second kappa shape index (κ2) is 5.68. The third kappa shape index (κ3) is 3.31. The Bertz CT molecular complexity index is 398. The summed E-state index contributed by atoms with van der Waals surface area (Å²) in [5, 5.41) is 4.84. The van der Waals surface area contributed by atoms with Gasteiger partial charge >= 0.3 is 0 Å². The molecule has 0 bridgehead atoms. The minimum atomic E-state index is 0.413. The van der Waals surface area contributed by atoms with Gasteiger partial charge in [-0.05, 0) is 45.4 Å². The van der Waals surface area contributed by atoms with E-state index >= 15 is 0 Å². The summed E-state index contributed by atoms with van der Waals surface area (Å²) in [5.41, 5.74) is 1.69. The van der Waals surface area contributed by atoms with Gasteiger partial charge in [0.15, 0.2) is 0 Å². The van der Waals surface area contributed by atoms with E-state index in [0.717, 1.165) is 18.2 Å². The van der Waals surface area contributed by atoms with E-state index < -0.39 is 0 Å². The van der Waals surface area contributed by atoms with Crippen molar-refractivity contribution >= 4 is 11.3 Å². The molecule has 0 saturated heterocycles. The van der Waals surface area contributed by atoms with Crippen molar-refractivity contribution in [3.05, 3.63) is 15.6 Å². The third-order valence-corrected chi connectivity index (χ3v) is 5.17. The van der Waals surface area contributed by atoms with E-state index in [1.807, 2.05) is 11.3 Å². The van der Waals surface area contributed by atoms with Crippen molar-refractivity contribution in [1.82, 2.24) is 10.3 Å². The number of rotatable bonds is 7. The van der Waals surface area contributed by atoms with E-state index in [-0.39, 0.29) is 0 Å². The zero-order valence-electron chi connectivity index (χ0n) is 11.9. The van der Waals surface area contributed by atoms with Crippen LogP contribution in [0.3, 0.4) is 0 Å². The van der Waals surface area contributed by atoms with Crippen molar-refractivity contribution in [3.63, 3.8) is 0 Å². The highest BCUT2D eigenvalue weighted by Crippen LogP contribution is 2.48. The zero-order chi connectivity index (χ0) is 13.2. The van der Waals surface area contributed by atoms with Crippen molar-refractivity contribution in [2.24, 2.45) is 5.41 Å². The van der Waals surface area contributed by atoms with Crippen LogP contribution in [-0.4, -0.2) is 25.2 Å². The molecule has 0 spiro atoms. The molecule has 1 aromatic rings. The standard InChI is InChI=1S/C14H24N2OS/c1-10(13-11(2)16-12(3)18-13)15-9-14(5-6-14)7-8-17-4/h10,15H,5-9H2,1-4H3. The Morgan fingerprint density at radius 1 is 1.44 bits per heavy atom. The first-order valence-corrected chi connectivity index (χ1v) is 7.54. The van der Waals surface area contributed by atoms with Crippen LogP contribution in [-0.2, 0) is 4.74 Å². The van der Waals surface area contributed by atoms with Gasteiger partial charge in [-0.25, -0.2) is 4.98 Å². The van der Waals surface area contributed by atoms with Gasteiger partial charge < -0.3 is 10.1 Å². The van der Waals surface area contributed by atoms with E-state index in [9.17, 15) is 0 Å². The minimum absolute atomic E-state index is 0.413. The van der Waals surface area contributed by atoms with Gasteiger partial charge in [0.05, 0.1) is 10.7 Å². The maximum absolute atomic E-state index is 5.20. The second-order valence-electron chi connectivity index (χ2n) is 5.53. The molecule has 1 aromatic heterocycles. The maximum atomic E-state index is 5.20. The number of ether oxygens (including phenoxy) is 1. The van der Waals surface area contributed by atoms with E-state index in [2.05, 4.69) is 31.1 Å². The Morgan fingerprint density at radius 3 is 2.67 bits per heavy atom. The first-order valence-electron chi connectivity index (χ1n) is 6.72. The molecule has 0 aromatic carbocycles. The summed E-state index contributed by atoms with van der Waals surface area (Å²) in [7, 11) is 1.79. The summed E-state index contributed by atoms with van der Waals surface area (Å²) in [5.74, 6) is 0. The summed E-state index contributed by atoms with van der Waals surface area (Å²) in [6, 6.07) is 0.413. The van der Waals surface area contributed by atoms with E-state index in [1.165, 1.54) is 29.8 Å². The van der Waals surface area contributed by atoms with Crippen LogP contribution in [0.4, 0.5) is 0 Å². The highest BCUT2D eigenvalue weighted by molar-refractivity contribution is 7.11. The molecule has 1 unspecified atom stereocenters. The first kappa shape index (κ1) is 14.0. The van der Waals surface area contributed by atoms with Gasteiger partial charge in [0.25, 0.3) is 0 Å². The summed E-state index contributed by atoms with van der Waals surface area (Å²) in [6.45, 7) is 8.42. The topological polar surface area (TPSA) is 34.1 Å². The molecule has 1 atom stereocenters. The normalized spacial score (nSPS) is 18.9. The van der Waals surface area contributed by atoms with Gasteiger partial charge in [-0.2, -0.15) is 0 Å². The molecular weight excluding hydrogens is 244 g/mol. The number of hydrogen-bond acceptors (Lipinski definition) is 4. The Hall–Kier alpha value is -0.450. The van der Waals surface area contributed by atoms with E-state index in [1.54, 1.807) is 7.11 Å². The molecular formula is C14H24N2OS. The molecule has 4 heteroatoms. The lowest BCUT2D eigenvalue weighted by molar-refractivity contribution is 0.170. The van der Waals surface area contributed by atoms with Crippen LogP contribution in [0.15, 0.2) is 0 Å². The molecule has 0 amide bonds. The van der Waals surface area contributed by atoms with Crippen LogP contribution in [0.1, 0.15) is 47.8 Å². The van der Waals surface area contributed by atoms with Crippen LogP contribution in [0, 0.1) is 19.3 Å². The molecule has 1 N–H and O–H groups in total. The number of nitrogens with zero attached hydrogens (tertiary/aromatic N) is 1. The molecule has 1 aliphatic carbocycles.